The second-order valence-electron chi connectivity index (χ2n) is 7.81. The zero-order valence-corrected chi connectivity index (χ0v) is 20.1. The minimum absolute atomic E-state index is 0.231. The van der Waals surface area contributed by atoms with Crippen LogP contribution >= 0.6 is 0 Å². The second-order valence-corrected chi connectivity index (χ2v) is 7.81. The molecule has 0 atom stereocenters. The van der Waals surface area contributed by atoms with Gasteiger partial charge in [-0.1, -0.05) is 0 Å². The maximum Gasteiger partial charge on any atom is 0.338 e. The molecule has 0 unspecified atom stereocenters. The highest BCUT2D eigenvalue weighted by molar-refractivity contribution is 5.91. The van der Waals surface area contributed by atoms with E-state index in [-0.39, 0.29) is 12.2 Å². The second kappa shape index (κ2) is 12.2. The van der Waals surface area contributed by atoms with Crippen molar-refractivity contribution >= 4 is 11.9 Å². The van der Waals surface area contributed by atoms with Crippen molar-refractivity contribution in [3.63, 3.8) is 0 Å². The van der Waals surface area contributed by atoms with E-state index in [9.17, 15) is 9.59 Å². The summed E-state index contributed by atoms with van der Waals surface area (Å²) >= 11 is 0. The van der Waals surface area contributed by atoms with Gasteiger partial charge in [0, 0.05) is 0 Å². The van der Waals surface area contributed by atoms with E-state index in [0.29, 0.717) is 73.0 Å². The minimum atomic E-state index is -0.417. The summed E-state index contributed by atoms with van der Waals surface area (Å²) in [7, 11) is 3.05. The predicted octanol–water partition coefficient (Wildman–Crippen LogP) is 4.83. The van der Waals surface area contributed by atoms with Crippen LogP contribution in [0.1, 0.15) is 60.2 Å². The van der Waals surface area contributed by atoms with E-state index in [1.807, 2.05) is 13.8 Å². The lowest BCUT2D eigenvalue weighted by atomic mass is 9.95. The molecule has 0 spiro atoms. The third-order valence-corrected chi connectivity index (χ3v) is 5.57. The summed E-state index contributed by atoms with van der Waals surface area (Å²) in [5.74, 6) is 1.30. The SMILES string of the molecule is CCOc1ccc(C(=O)OC2CCC(OC(=O)c3ccc(OC)c(OC)c3)CC2)cc1OCC. The Hall–Kier alpha value is -3.42. The third-order valence-electron chi connectivity index (χ3n) is 5.57. The molecule has 0 N–H and O–H groups in total. The number of methoxy groups -OCH3 is 2. The first-order valence-electron chi connectivity index (χ1n) is 11.5. The normalized spacial score (nSPS) is 17.4. The van der Waals surface area contributed by atoms with E-state index in [2.05, 4.69) is 0 Å². The number of rotatable bonds is 10. The monoisotopic (exact) mass is 472 g/mol. The van der Waals surface area contributed by atoms with Crippen LogP contribution in [0.15, 0.2) is 36.4 Å². The zero-order valence-electron chi connectivity index (χ0n) is 20.1. The number of hydrogen-bond donors (Lipinski definition) is 0. The molecule has 8 nitrogen and oxygen atoms in total. The van der Waals surface area contributed by atoms with Gasteiger partial charge < -0.3 is 28.4 Å². The molecule has 0 bridgehead atoms. The molecule has 1 aliphatic carbocycles. The molecule has 0 radical (unpaired) electrons. The van der Waals surface area contributed by atoms with Gasteiger partial charge in [0.15, 0.2) is 23.0 Å². The summed E-state index contributed by atoms with van der Waals surface area (Å²) in [4.78, 5) is 25.2. The standard InChI is InChI=1S/C26H32O8/c1-5-31-22-14-8-18(16-24(22)32-6-2)26(28)34-20-11-9-19(10-12-20)33-25(27)17-7-13-21(29-3)23(15-17)30-4/h7-8,13-16,19-20H,5-6,9-12H2,1-4H3. The summed E-state index contributed by atoms with van der Waals surface area (Å²) in [6, 6.07) is 9.95. The molecule has 0 heterocycles. The van der Waals surface area contributed by atoms with Crippen molar-refractivity contribution in [3.05, 3.63) is 47.5 Å². The lowest BCUT2D eigenvalue weighted by Crippen LogP contribution is -2.29. The van der Waals surface area contributed by atoms with Crippen LogP contribution in [0.25, 0.3) is 0 Å². The van der Waals surface area contributed by atoms with Crippen molar-refractivity contribution in [2.75, 3.05) is 27.4 Å². The fraction of sp³-hybridized carbons (Fsp3) is 0.462. The topological polar surface area (TPSA) is 89.5 Å². The molecule has 0 saturated heterocycles. The van der Waals surface area contributed by atoms with Crippen LogP contribution in [-0.4, -0.2) is 51.6 Å². The van der Waals surface area contributed by atoms with Crippen LogP contribution in [0.5, 0.6) is 23.0 Å². The molecular weight excluding hydrogens is 440 g/mol. The number of hydrogen-bond acceptors (Lipinski definition) is 8. The van der Waals surface area contributed by atoms with Crippen LogP contribution in [0.2, 0.25) is 0 Å². The lowest BCUT2D eigenvalue weighted by molar-refractivity contribution is -0.0108. The largest absolute Gasteiger partial charge is 0.493 e. The van der Waals surface area contributed by atoms with E-state index in [0.717, 1.165) is 0 Å². The summed E-state index contributed by atoms with van der Waals surface area (Å²) in [6.45, 7) is 4.73. The molecule has 2 aromatic rings. The Balaban J connectivity index is 1.52. The maximum atomic E-state index is 12.7. The number of carbonyl (C=O) groups is 2. The Morgan fingerprint density at radius 1 is 0.676 bits per heavy atom. The van der Waals surface area contributed by atoms with Gasteiger partial charge >= 0.3 is 11.9 Å². The third kappa shape index (κ3) is 6.34. The van der Waals surface area contributed by atoms with E-state index >= 15 is 0 Å². The first-order chi connectivity index (χ1) is 16.5. The quantitative estimate of drug-likeness (QED) is 0.455. The summed E-state index contributed by atoms with van der Waals surface area (Å²) in [5, 5.41) is 0. The molecule has 3 rings (SSSR count). The Kier molecular flexibility index (Phi) is 9.01. The molecule has 184 valence electrons. The molecule has 1 fully saturated rings. The lowest BCUT2D eigenvalue weighted by Gasteiger charge is -2.28. The van der Waals surface area contributed by atoms with E-state index in [4.69, 9.17) is 28.4 Å². The average molecular weight is 473 g/mol. The van der Waals surface area contributed by atoms with Crippen molar-refractivity contribution < 1.29 is 38.0 Å². The van der Waals surface area contributed by atoms with E-state index < -0.39 is 11.9 Å². The zero-order chi connectivity index (χ0) is 24.5. The van der Waals surface area contributed by atoms with Gasteiger partial charge in [-0.25, -0.2) is 9.59 Å². The van der Waals surface area contributed by atoms with Crippen molar-refractivity contribution in [1.29, 1.82) is 0 Å². The Labute approximate surface area is 200 Å². The molecule has 34 heavy (non-hydrogen) atoms. The van der Waals surface area contributed by atoms with Crippen molar-refractivity contribution in [1.82, 2.24) is 0 Å². The molecule has 8 heteroatoms. The summed E-state index contributed by atoms with van der Waals surface area (Å²) in [6.07, 6.45) is 2.00. The van der Waals surface area contributed by atoms with Crippen molar-refractivity contribution in [2.45, 2.75) is 51.7 Å². The van der Waals surface area contributed by atoms with Crippen LogP contribution < -0.4 is 18.9 Å². The van der Waals surface area contributed by atoms with Gasteiger partial charge in [-0.3, -0.25) is 0 Å². The fourth-order valence-electron chi connectivity index (χ4n) is 3.85. The van der Waals surface area contributed by atoms with Crippen molar-refractivity contribution in [2.24, 2.45) is 0 Å². The van der Waals surface area contributed by atoms with Gasteiger partial charge in [-0.05, 0) is 75.9 Å². The van der Waals surface area contributed by atoms with Gasteiger partial charge in [0.2, 0.25) is 0 Å². The molecule has 1 aliphatic rings. The van der Waals surface area contributed by atoms with Gasteiger partial charge in [0.25, 0.3) is 0 Å². The highest BCUT2D eigenvalue weighted by Gasteiger charge is 2.27. The van der Waals surface area contributed by atoms with Crippen molar-refractivity contribution in [3.8, 4) is 23.0 Å². The Morgan fingerprint density at radius 2 is 1.12 bits per heavy atom. The first kappa shape index (κ1) is 25.2. The van der Waals surface area contributed by atoms with Gasteiger partial charge in [0.1, 0.15) is 12.2 Å². The number of ether oxygens (including phenoxy) is 6. The Bertz CT molecular complexity index is 979. The van der Waals surface area contributed by atoms with Crippen LogP contribution in [0, 0.1) is 0 Å². The smallest absolute Gasteiger partial charge is 0.338 e. The number of carbonyl (C=O) groups excluding carboxylic acids is 2. The van der Waals surface area contributed by atoms with Gasteiger partial charge in [0.05, 0.1) is 38.6 Å². The molecule has 0 aliphatic heterocycles. The predicted molar refractivity (Wildman–Crippen MR) is 125 cm³/mol. The van der Waals surface area contributed by atoms with E-state index in [1.165, 1.54) is 14.2 Å². The maximum absolute atomic E-state index is 12.7. The number of benzene rings is 2. The van der Waals surface area contributed by atoms with Crippen LogP contribution in [-0.2, 0) is 9.47 Å². The molecule has 0 aromatic heterocycles. The number of esters is 2. The van der Waals surface area contributed by atoms with E-state index in [1.54, 1.807) is 36.4 Å². The van der Waals surface area contributed by atoms with Crippen LogP contribution in [0.4, 0.5) is 0 Å². The fourth-order valence-corrected chi connectivity index (χ4v) is 3.85. The highest BCUT2D eigenvalue weighted by Crippen LogP contribution is 2.31. The first-order valence-corrected chi connectivity index (χ1v) is 11.5. The van der Waals surface area contributed by atoms with Gasteiger partial charge in [-0.2, -0.15) is 0 Å². The molecule has 1 saturated carbocycles. The van der Waals surface area contributed by atoms with Gasteiger partial charge in [-0.15, -0.1) is 0 Å². The molecule has 2 aromatic carbocycles. The molecule has 0 amide bonds. The highest BCUT2D eigenvalue weighted by atomic mass is 16.6. The average Bonchev–Trinajstić information content (AvgIpc) is 2.86. The summed E-state index contributed by atoms with van der Waals surface area (Å²) < 4.78 is 32.9. The molecular formula is C26H32O8. The minimum Gasteiger partial charge on any atom is -0.493 e. The Morgan fingerprint density at radius 3 is 1.59 bits per heavy atom. The van der Waals surface area contributed by atoms with Crippen LogP contribution in [0.3, 0.4) is 0 Å². The summed E-state index contributed by atoms with van der Waals surface area (Å²) in [5.41, 5.74) is 0.806.